The Hall–Kier alpha value is -2.04. The van der Waals surface area contributed by atoms with Crippen LogP contribution in [-0.2, 0) is 9.53 Å². The minimum atomic E-state index is -0.246. The number of aromatic hydroxyl groups is 1. The number of hydrogen-bond donors (Lipinski definition) is 1. The third kappa shape index (κ3) is 4.37. The van der Waals surface area contributed by atoms with E-state index in [4.69, 9.17) is 16.3 Å². The second-order valence-corrected chi connectivity index (χ2v) is 7.16. The van der Waals surface area contributed by atoms with Crippen molar-refractivity contribution in [2.75, 3.05) is 20.3 Å². The Bertz CT molecular complexity index is 758. The Labute approximate surface area is 159 Å². The number of carbonyl (C=O) groups is 1. The van der Waals surface area contributed by atoms with Gasteiger partial charge in [-0.15, -0.1) is 0 Å². The highest BCUT2D eigenvalue weighted by Gasteiger charge is 2.27. The standard InChI is InChI=1S/C21H24ClNO3/c1-23(17-9-11-26-12-10-17)21(25)14-19(15-5-4-6-16(22)13-15)18-7-2-3-8-20(18)24/h2-8,13,17,19,24H,9-12,14H2,1H3/t19-/m1/s1. The Morgan fingerprint density at radius 3 is 2.65 bits per heavy atom. The molecular weight excluding hydrogens is 350 g/mol. The lowest BCUT2D eigenvalue weighted by molar-refractivity contribution is -0.133. The van der Waals surface area contributed by atoms with Crippen LogP contribution in [0, 0.1) is 0 Å². The van der Waals surface area contributed by atoms with Gasteiger partial charge in [0.1, 0.15) is 5.75 Å². The maximum atomic E-state index is 13.0. The summed E-state index contributed by atoms with van der Waals surface area (Å²) in [5.74, 6) is 0.00816. The third-order valence-electron chi connectivity index (χ3n) is 5.07. The number of phenolic OH excluding ortho intramolecular Hbond substituents is 1. The molecule has 1 fully saturated rings. The van der Waals surface area contributed by atoms with Gasteiger partial charge in [-0.1, -0.05) is 41.9 Å². The zero-order chi connectivity index (χ0) is 18.5. The Morgan fingerprint density at radius 1 is 1.23 bits per heavy atom. The van der Waals surface area contributed by atoms with E-state index in [1.807, 2.05) is 48.3 Å². The van der Waals surface area contributed by atoms with Gasteiger partial charge < -0.3 is 14.7 Å². The number of ether oxygens (including phenoxy) is 1. The number of phenols is 1. The summed E-state index contributed by atoms with van der Waals surface area (Å²) in [5.41, 5.74) is 1.66. The molecule has 2 aromatic carbocycles. The summed E-state index contributed by atoms with van der Waals surface area (Å²) in [5, 5.41) is 11.0. The summed E-state index contributed by atoms with van der Waals surface area (Å²) in [6.07, 6.45) is 2.01. The Balaban J connectivity index is 1.86. The molecule has 1 aliphatic rings. The third-order valence-corrected chi connectivity index (χ3v) is 5.31. The highest BCUT2D eigenvalue weighted by atomic mass is 35.5. The highest BCUT2D eigenvalue weighted by molar-refractivity contribution is 6.30. The van der Waals surface area contributed by atoms with E-state index in [9.17, 15) is 9.90 Å². The summed E-state index contributed by atoms with van der Waals surface area (Å²) in [6, 6.07) is 14.9. The molecule has 4 nitrogen and oxygen atoms in total. The lowest BCUT2D eigenvalue weighted by Crippen LogP contribution is -2.41. The molecule has 3 rings (SSSR count). The molecule has 5 heteroatoms. The molecule has 2 aromatic rings. The van der Waals surface area contributed by atoms with Crippen LogP contribution in [0.2, 0.25) is 5.02 Å². The lowest BCUT2D eigenvalue weighted by Gasteiger charge is -2.32. The predicted octanol–water partition coefficient (Wildman–Crippen LogP) is 4.21. The largest absolute Gasteiger partial charge is 0.508 e. The van der Waals surface area contributed by atoms with E-state index in [-0.39, 0.29) is 30.0 Å². The molecule has 0 bridgehead atoms. The van der Waals surface area contributed by atoms with E-state index >= 15 is 0 Å². The number of para-hydroxylation sites is 1. The molecule has 1 aliphatic heterocycles. The SMILES string of the molecule is CN(C(=O)C[C@H](c1cccc(Cl)c1)c1ccccc1O)C1CCOCC1. The number of nitrogens with zero attached hydrogens (tertiary/aromatic N) is 1. The fourth-order valence-corrected chi connectivity index (χ4v) is 3.71. The fourth-order valence-electron chi connectivity index (χ4n) is 3.51. The molecular formula is C21H24ClNO3. The summed E-state index contributed by atoms with van der Waals surface area (Å²) in [4.78, 5) is 14.8. The molecule has 0 saturated carbocycles. The van der Waals surface area contributed by atoms with Gasteiger partial charge in [-0.3, -0.25) is 4.79 Å². The topological polar surface area (TPSA) is 49.8 Å². The van der Waals surface area contributed by atoms with Crippen LogP contribution in [0.1, 0.15) is 36.3 Å². The first-order valence-corrected chi connectivity index (χ1v) is 9.31. The molecule has 1 atom stereocenters. The molecule has 0 unspecified atom stereocenters. The number of amides is 1. The minimum Gasteiger partial charge on any atom is -0.508 e. The van der Waals surface area contributed by atoms with Crippen LogP contribution in [0.4, 0.5) is 0 Å². The van der Waals surface area contributed by atoms with E-state index in [1.165, 1.54) is 0 Å². The summed E-state index contributed by atoms with van der Waals surface area (Å²) in [6.45, 7) is 1.39. The van der Waals surface area contributed by atoms with Crippen LogP contribution in [0.25, 0.3) is 0 Å². The lowest BCUT2D eigenvalue weighted by atomic mass is 9.87. The van der Waals surface area contributed by atoms with Crippen molar-refractivity contribution in [1.29, 1.82) is 0 Å². The van der Waals surface area contributed by atoms with Crippen molar-refractivity contribution < 1.29 is 14.6 Å². The summed E-state index contributed by atoms with van der Waals surface area (Å²) >= 11 is 6.17. The van der Waals surface area contributed by atoms with Gasteiger partial charge >= 0.3 is 0 Å². The van der Waals surface area contributed by atoms with Gasteiger partial charge in [0, 0.05) is 49.2 Å². The maximum Gasteiger partial charge on any atom is 0.223 e. The number of hydrogen-bond acceptors (Lipinski definition) is 3. The van der Waals surface area contributed by atoms with Gasteiger partial charge in [0.05, 0.1) is 0 Å². The van der Waals surface area contributed by atoms with E-state index in [0.29, 0.717) is 18.2 Å². The van der Waals surface area contributed by atoms with Crippen molar-refractivity contribution in [3.8, 4) is 5.75 Å². The fraction of sp³-hybridized carbons (Fsp3) is 0.381. The predicted molar refractivity (Wildman–Crippen MR) is 103 cm³/mol. The molecule has 26 heavy (non-hydrogen) atoms. The van der Waals surface area contributed by atoms with Crippen molar-refractivity contribution in [2.45, 2.75) is 31.2 Å². The van der Waals surface area contributed by atoms with E-state index < -0.39 is 0 Å². The Kier molecular flexibility index (Phi) is 6.17. The van der Waals surface area contributed by atoms with Gasteiger partial charge in [0.15, 0.2) is 0 Å². The van der Waals surface area contributed by atoms with Crippen molar-refractivity contribution >= 4 is 17.5 Å². The maximum absolute atomic E-state index is 13.0. The summed E-state index contributed by atoms with van der Waals surface area (Å²) < 4.78 is 5.39. The average molecular weight is 374 g/mol. The smallest absolute Gasteiger partial charge is 0.223 e. The van der Waals surface area contributed by atoms with E-state index in [0.717, 1.165) is 24.0 Å². The molecule has 0 radical (unpaired) electrons. The number of rotatable bonds is 5. The first-order valence-electron chi connectivity index (χ1n) is 8.93. The molecule has 1 amide bonds. The van der Waals surface area contributed by atoms with Gasteiger partial charge in [0.25, 0.3) is 0 Å². The molecule has 1 N–H and O–H groups in total. The van der Waals surface area contributed by atoms with Crippen LogP contribution in [0.3, 0.4) is 0 Å². The molecule has 0 spiro atoms. The van der Waals surface area contributed by atoms with Gasteiger partial charge in [-0.2, -0.15) is 0 Å². The van der Waals surface area contributed by atoms with Gasteiger partial charge in [0.2, 0.25) is 5.91 Å². The monoisotopic (exact) mass is 373 g/mol. The van der Waals surface area contributed by atoms with Crippen molar-refractivity contribution in [3.05, 3.63) is 64.7 Å². The summed E-state index contributed by atoms with van der Waals surface area (Å²) in [7, 11) is 1.86. The number of halogens is 1. The van der Waals surface area contributed by atoms with Crippen LogP contribution in [0.5, 0.6) is 5.75 Å². The normalized spacial score (nSPS) is 16.2. The Morgan fingerprint density at radius 2 is 1.96 bits per heavy atom. The first kappa shape index (κ1) is 18.7. The van der Waals surface area contributed by atoms with E-state index in [1.54, 1.807) is 12.1 Å². The van der Waals surface area contributed by atoms with Crippen molar-refractivity contribution in [3.63, 3.8) is 0 Å². The minimum absolute atomic E-state index is 0.0603. The average Bonchev–Trinajstić information content (AvgIpc) is 2.66. The van der Waals surface area contributed by atoms with Crippen LogP contribution in [0.15, 0.2) is 48.5 Å². The van der Waals surface area contributed by atoms with Crippen LogP contribution < -0.4 is 0 Å². The highest BCUT2D eigenvalue weighted by Crippen LogP contribution is 2.35. The zero-order valence-electron chi connectivity index (χ0n) is 14.9. The van der Waals surface area contributed by atoms with Gasteiger partial charge in [-0.05, 0) is 36.6 Å². The molecule has 138 valence electrons. The van der Waals surface area contributed by atoms with E-state index in [2.05, 4.69) is 0 Å². The van der Waals surface area contributed by atoms with Crippen LogP contribution >= 0.6 is 11.6 Å². The molecule has 0 aromatic heterocycles. The second kappa shape index (κ2) is 8.56. The number of carbonyl (C=O) groups excluding carboxylic acids is 1. The molecule has 1 saturated heterocycles. The first-order chi connectivity index (χ1) is 12.6. The van der Waals surface area contributed by atoms with Crippen molar-refractivity contribution in [2.24, 2.45) is 0 Å². The number of benzene rings is 2. The van der Waals surface area contributed by atoms with Crippen LogP contribution in [-0.4, -0.2) is 42.2 Å². The quantitative estimate of drug-likeness (QED) is 0.854. The molecule has 0 aliphatic carbocycles. The zero-order valence-corrected chi connectivity index (χ0v) is 15.7. The van der Waals surface area contributed by atoms with Crippen molar-refractivity contribution in [1.82, 2.24) is 4.90 Å². The second-order valence-electron chi connectivity index (χ2n) is 6.72. The van der Waals surface area contributed by atoms with Gasteiger partial charge in [-0.25, -0.2) is 0 Å². The molecule has 1 heterocycles.